The number of hydrogen-bond donors (Lipinski definition) is 1. The molecule has 180 valence electrons. The smallest absolute Gasteiger partial charge is 0.224 e. The summed E-state index contributed by atoms with van der Waals surface area (Å²) in [7, 11) is 3.22. The van der Waals surface area contributed by atoms with Crippen molar-refractivity contribution < 1.29 is 23.7 Å². The van der Waals surface area contributed by atoms with Crippen LogP contribution in [0.1, 0.15) is 30.5 Å². The molecule has 0 bridgehead atoms. The number of ether oxygens (including phenoxy) is 4. The van der Waals surface area contributed by atoms with Gasteiger partial charge >= 0.3 is 0 Å². The minimum atomic E-state index is -0.0476. The Kier molecular flexibility index (Phi) is 9.21. The van der Waals surface area contributed by atoms with Crippen molar-refractivity contribution >= 4 is 5.91 Å². The number of hydrogen-bond acceptors (Lipinski definition) is 5. The summed E-state index contributed by atoms with van der Waals surface area (Å²) in [5.74, 6) is 2.62. The normalized spacial score (nSPS) is 10.6. The third kappa shape index (κ3) is 7.44. The highest BCUT2D eigenvalue weighted by Gasteiger charge is 2.11. The van der Waals surface area contributed by atoms with Gasteiger partial charge < -0.3 is 24.3 Å². The van der Waals surface area contributed by atoms with Crippen LogP contribution in [0.4, 0.5) is 0 Å². The van der Waals surface area contributed by atoms with Crippen molar-refractivity contribution in [2.75, 3.05) is 20.8 Å². The minimum absolute atomic E-state index is 0.0465. The van der Waals surface area contributed by atoms with Gasteiger partial charge in [-0.15, -0.1) is 0 Å². The van der Waals surface area contributed by atoms with E-state index in [1.54, 1.807) is 14.2 Å². The van der Waals surface area contributed by atoms with Crippen molar-refractivity contribution in [2.45, 2.75) is 39.4 Å². The molecule has 0 aliphatic rings. The van der Waals surface area contributed by atoms with Gasteiger partial charge in [0, 0.05) is 6.54 Å². The van der Waals surface area contributed by atoms with E-state index in [2.05, 4.69) is 5.32 Å². The van der Waals surface area contributed by atoms with Gasteiger partial charge in [-0.3, -0.25) is 4.79 Å². The summed E-state index contributed by atoms with van der Waals surface area (Å²) in [5, 5.41) is 2.99. The van der Waals surface area contributed by atoms with E-state index < -0.39 is 0 Å². The first-order valence-electron chi connectivity index (χ1n) is 11.4. The summed E-state index contributed by atoms with van der Waals surface area (Å²) in [5.41, 5.74) is 3.01. The van der Waals surface area contributed by atoms with Crippen molar-refractivity contribution in [3.8, 4) is 23.0 Å². The lowest BCUT2D eigenvalue weighted by Gasteiger charge is -2.14. The zero-order valence-corrected chi connectivity index (χ0v) is 20.3. The standard InChI is InChI=1S/C28H33NO5/c1-20(2)34-25-13-11-23(17-26(25)32-4)18-28(30)29-15-14-21-10-12-24(31-3)27(16-21)33-19-22-8-6-5-7-9-22/h5-13,16-17,20H,14-15,18-19H2,1-4H3,(H,29,30). The van der Waals surface area contributed by atoms with Gasteiger partial charge in [0.25, 0.3) is 0 Å². The fourth-order valence-corrected chi connectivity index (χ4v) is 3.49. The quantitative estimate of drug-likeness (QED) is 0.411. The van der Waals surface area contributed by atoms with Crippen LogP contribution in [0.15, 0.2) is 66.7 Å². The molecule has 0 saturated heterocycles. The molecule has 1 amide bonds. The van der Waals surface area contributed by atoms with Gasteiger partial charge in [-0.25, -0.2) is 0 Å². The highest BCUT2D eigenvalue weighted by Crippen LogP contribution is 2.30. The van der Waals surface area contributed by atoms with E-state index in [-0.39, 0.29) is 18.4 Å². The summed E-state index contributed by atoms with van der Waals surface area (Å²) in [4.78, 5) is 12.5. The Hall–Kier alpha value is -3.67. The predicted octanol–water partition coefficient (Wildman–Crippen LogP) is 4.97. The number of rotatable bonds is 12. The molecule has 6 heteroatoms. The maximum atomic E-state index is 12.5. The molecule has 0 aromatic heterocycles. The molecule has 0 fully saturated rings. The van der Waals surface area contributed by atoms with Gasteiger partial charge in [0.1, 0.15) is 6.61 Å². The number of carbonyl (C=O) groups excluding carboxylic acids is 1. The van der Waals surface area contributed by atoms with Crippen LogP contribution in [0.5, 0.6) is 23.0 Å². The van der Waals surface area contributed by atoms with Crippen LogP contribution in [0.25, 0.3) is 0 Å². The van der Waals surface area contributed by atoms with Crippen molar-refractivity contribution in [3.63, 3.8) is 0 Å². The number of nitrogens with one attached hydrogen (secondary N) is 1. The molecule has 0 saturated carbocycles. The predicted molar refractivity (Wildman–Crippen MR) is 133 cm³/mol. The fourth-order valence-electron chi connectivity index (χ4n) is 3.49. The summed E-state index contributed by atoms with van der Waals surface area (Å²) in [6.45, 7) is 4.90. The van der Waals surface area contributed by atoms with Gasteiger partial charge in [-0.05, 0) is 61.2 Å². The monoisotopic (exact) mass is 463 g/mol. The van der Waals surface area contributed by atoms with E-state index in [9.17, 15) is 4.79 Å². The lowest BCUT2D eigenvalue weighted by Crippen LogP contribution is -2.27. The second-order valence-corrected chi connectivity index (χ2v) is 8.19. The third-order valence-corrected chi connectivity index (χ3v) is 5.16. The molecule has 3 aromatic rings. The summed E-state index contributed by atoms with van der Waals surface area (Å²) in [6, 6.07) is 21.4. The van der Waals surface area contributed by atoms with Crippen molar-refractivity contribution in [1.82, 2.24) is 5.32 Å². The van der Waals surface area contributed by atoms with E-state index in [1.165, 1.54) is 0 Å². The Morgan fingerprint density at radius 1 is 0.794 bits per heavy atom. The molecular formula is C28H33NO5. The number of carbonyl (C=O) groups is 1. The first-order chi connectivity index (χ1) is 16.5. The number of methoxy groups -OCH3 is 2. The molecule has 0 unspecified atom stereocenters. The lowest BCUT2D eigenvalue weighted by molar-refractivity contribution is -0.120. The maximum Gasteiger partial charge on any atom is 0.224 e. The Labute approximate surface area is 201 Å². The Morgan fingerprint density at radius 3 is 2.18 bits per heavy atom. The van der Waals surface area contributed by atoms with Gasteiger partial charge in [-0.1, -0.05) is 42.5 Å². The van der Waals surface area contributed by atoms with Crippen molar-refractivity contribution in [3.05, 3.63) is 83.4 Å². The molecular weight excluding hydrogens is 430 g/mol. The molecule has 3 aromatic carbocycles. The molecule has 3 rings (SSSR count). The second-order valence-electron chi connectivity index (χ2n) is 8.19. The zero-order chi connectivity index (χ0) is 24.3. The first-order valence-corrected chi connectivity index (χ1v) is 11.4. The SMILES string of the molecule is COc1ccc(CCNC(=O)Cc2ccc(OC(C)C)c(OC)c2)cc1OCc1ccccc1. The number of amides is 1. The highest BCUT2D eigenvalue weighted by molar-refractivity contribution is 5.78. The molecule has 0 heterocycles. The average Bonchev–Trinajstić information content (AvgIpc) is 2.84. The van der Waals surface area contributed by atoms with Gasteiger partial charge in [0.15, 0.2) is 23.0 Å². The zero-order valence-electron chi connectivity index (χ0n) is 20.3. The van der Waals surface area contributed by atoms with Crippen LogP contribution in [0.2, 0.25) is 0 Å². The summed E-state index contributed by atoms with van der Waals surface area (Å²) >= 11 is 0. The molecule has 0 atom stereocenters. The van der Waals surface area contributed by atoms with E-state index in [0.717, 1.165) is 16.7 Å². The Bertz CT molecular complexity index is 1070. The number of benzene rings is 3. The fraction of sp³-hybridized carbons (Fsp3) is 0.321. The average molecular weight is 464 g/mol. The molecule has 0 aliphatic heterocycles. The summed E-state index contributed by atoms with van der Waals surface area (Å²) in [6.07, 6.45) is 0.999. The highest BCUT2D eigenvalue weighted by atomic mass is 16.5. The Balaban J connectivity index is 1.53. The lowest BCUT2D eigenvalue weighted by atomic mass is 10.1. The molecule has 34 heavy (non-hydrogen) atoms. The van der Waals surface area contributed by atoms with Crippen molar-refractivity contribution in [1.29, 1.82) is 0 Å². The van der Waals surface area contributed by atoms with Gasteiger partial charge in [0.05, 0.1) is 26.7 Å². The molecule has 1 N–H and O–H groups in total. The van der Waals surface area contributed by atoms with E-state index in [4.69, 9.17) is 18.9 Å². The summed E-state index contributed by atoms with van der Waals surface area (Å²) < 4.78 is 22.6. The van der Waals surface area contributed by atoms with Crippen molar-refractivity contribution in [2.24, 2.45) is 0 Å². The van der Waals surface area contributed by atoms with E-state index in [0.29, 0.717) is 42.6 Å². The third-order valence-electron chi connectivity index (χ3n) is 5.16. The van der Waals surface area contributed by atoms with Gasteiger partial charge in [0.2, 0.25) is 5.91 Å². The molecule has 0 spiro atoms. The van der Waals surface area contributed by atoms with Crippen LogP contribution in [0, 0.1) is 0 Å². The minimum Gasteiger partial charge on any atom is -0.493 e. The van der Waals surface area contributed by atoms with Crippen LogP contribution < -0.4 is 24.3 Å². The molecule has 6 nitrogen and oxygen atoms in total. The van der Waals surface area contributed by atoms with Crippen LogP contribution in [-0.2, 0) is 24.2 Å². The van der Waals surface area contributed by atoms with Crippen LogP contribution >= 0.6 is 0 Å². The van der Waals surface area contributed by atoms with Crippen LogP contribution in [-0.4, -0.2) is 32.8 Å². The maximum absolute atomic E-state index is 12.5. The van der Waals surface area contributed by atoms with E-state index in [1.807, 2.05) is 80.6 Å². The topological polar surface area (TPSA) is 66.0 Å². The Morgan fingerprint density at radius 2 is 1.47 bits per heavy atom. The second kappa shape index (κ2) is 12.5. The van der Waals surface area contributed by atoms with Crippen LogP contribution in [0.3, 0.4) is 0 Å². The first kappa shape index (κ1) is 25.0. The largest absolute Gasteiger partial charge is 0.493 e. The van der Waals surface area contributed by atoms with Gasteiger partial charge in [-0.2, -0.15) is 0 Å². The van der Waals surface area contributed by atoms with E-state index >= 15 is 0 Å². The molecule has 0 radical (unpaired) electrons. The molecule has 0 aliphatic carbocycles.